The summed E-state index contributed by atoms with van der Waals surface area (Å²) >= 11 is 0.923. The van der Waals surface area contributed by atoms with E-state index in [9.17, 15) is 14.4 Å². The average Bonchev–Trinajstić information content (AvgIpc) is 3.70. The van der Waals surface area contributed by atoms with E-state index in [0.717, 1.165) is 17.3 Å². The minimum absolute atomic E-state index is 0.0648. The number of carbonyl (C=O) groups is 3. The number of allylic oxidation sites excluding steroid dienone is 2. The first-order valence-electron chi connectivity index (χ1n) is 13.1. The quantitative estimate of drug-likeness (QED) is 0.267. The molecule has 3 heterocycles. The molecule has 1 aliphatic rings. The minimum Gasteiger partial charge on any atom is -0.493 e. The number of ketones is 1. The standard InChI is InChI=1S/C22H20N2O6S.C6H11NO.C2H6/c1-13-15(23-21(30-13)17-6-4-10-28-17)12-29-16-9-8-14(11-18(16)27-2)5-3-7-19-20(25)24-22(26)31-19;1-3-6(4-7)5(2)8;1-2/h4,6-11H,3,5,12H2,1-2H3,(H,24,25,26);3H,4,7H2,1-2H3;1-2H3/b19-7+;6-3-;. The molecule has 1 saturated heterocycles. The van der Waals surface area contributed by atoms with Gasteiger partial charge in [0, 0.05) is 12.1 Å². The highest BCUT2D eigenvalue weighted by molar-refractivity contribution is 8.18. The summed E-state index contributed by atoms with van der Waals surface area (Å²) in [5.41, 5.74) is 7.59. The van der Waals surface area contributed by atoms with Gasteiger partial charge in [0.25, 0.3) is 17.0 Å². The number of amides is 2. The molecule has 3 N–H and O–H groups in total. The Morgan fingerprint density at radius 1 is 1.20 bits per heavy atom. The number of oxazole rings is 1. The third kappa shape index (κ3) is 9.80. The second-order valence-electron chi connectivity index (χ2n) is 8.30. The number of Topliss-reactive ketones (excluding diaryl/α,β-unsaturated/α-hetero) is 1. The number of rotatable bonds is 10. The maximum absolute atomic E-state index is 11.6. The Morgan fingerprint density at radius 3 is 2.49 bits per heavy atom. The molecular weight excluding hydrogens is 546 g/mol. The Morgan fingerprint density at radius 2 is 1.95 bits per heavy atom. The molecule has 1 aromatic carbocycles. The molecule has 0 bridgehead atoms. The van der Waals surface area contributed by atoms with Gasteiger partial charge in [-0.3, -0.25) is 19.7 Å². The number of benzene rings is 1. The minimum atomic E-state index is -0.338. The van der Waals surface area contributed by atoms with Crippen LogP contribution < -0.4 is 20.5 Å². The smallest absolute Gasteiger partial charge is 0.290 e. The molecule has 10 nitrogen and oxygen atoms in total. The van der Waals surface area contributed by atoms with Crippen LogP contribution in [0.1, 0.15) is 51.1 Å². The van der Waals surface area contributed by atoms with Crippen LogP contribution >= 0.6 is 11.8 Å². The van der Waals surface area contributed by atoms with Crippen molar-refractivity contribution in [2.45, 2.75) is 54.1 Å². The second-order valence-corrected chi connectivity index (χ2v) is 9.31. The summed E-state index contributed by atoms with van der Waals surface area (Å²) in [7, 11) is 1.58. The number of nitrogens with one attached hydrogen (secondary N) is 1. The molecule has 220 valence electrons. The van der Waals surface area contributed by atoms with Crippen LogP contribution in [0.3, 0.4) is 0 Å². The Labute approximate surface area is 244 Å². The molecule has 0 radical (unpaired) electrons. The molecule has 2 aromatic heterocycles. The molecule has 0 spiro atoms. The highest BCUT2D eigenvalue weighted by Crippen LogP contribution is 2.31. The molecule has 0 unspecified atom stereocenters. The Hall–Kier alpha value is -4.09. The SMILES string of the molecule is C/C=C(/CN)C(C)=O.CC.COc1cc(CC/C=C2/SC(=O)NC2=O)ccc1OCc1nc(-c2ccco2)oc1C. The van der Waals surface area contributed by atoms with Crippen LogP contribution in [0.25, 0.3) is 11.7 Å². The van der Waals surface area contributed by atoms with Gasteiger partial charge >= 0.3 is 0 Å². The summed E-state index contributed by atoms with van der Waals surface area (Å²) in [6.07, 6.45) is 6.39. The number of thioether (sulfide) groups is 1. The highest BCUT2D eigenvalue weighted by atomic mass is 32.2. The third-order valence-corrected chi connectivity index (χ3v) is 6.50. The van der Waals surface area contributed by atoms with Gasteiger partial charge in [0.15, 0.2) is 23.0 Å². The van der Waals surface area contributed by atoms with Crippen LogP contribution in [-0.2, 0) is 22.6 Å². The fourth-order valence-corrected chi connectivity index (χ4v) is 4.18. The van der Waals surface area contributed by atoms with Gasteiger partial charge in [0.2, 0.25) is 0 Å². The largest absolute Gasteiger partial charge is 0.493 e. The van der Waals surface area contributed by atoms with E-state index in [4.69, 9.17) is 24.0 Å². The van der Waals surface area contributed by atoms with Crippen molar-refractivity contribution in [3.63, 3.8) is 0 Å². The monoisotopic (exact) mass is 583 g/mol. The van der Waals surface area contributed by atoms with Crippen molar-refractivity contribution in [3.8, 4) is 23.1 Å². The summed E-state index contributed by atoms with van der Waals surface area (Å²) in [4.78, 5) is 38.1. The fourth-order valence-electron chi connectivity index (χ4n) is 3.50. The van der Waals surface area contributed by atoms with Crippen molar-refractivity contribution in [2.24, 2.45) is 5.73 Å². The summed E-state index contributed by atoms with van der Waals surface area (Å²) in [5, 5.41) is 1.91. The molecule has 3 aromatic rings. The van der Waals surface area contributed by atoms with Crippen LogP contribution in [0, 0.1) is 6.92 Å². The summed E-state index contributed by atoms with van der Waals surface area (Å²) in [6, 6.07) is 9.22. The van der Waals surface area contributed by atoms with Gasteiger partial charge in [-0.05, 0) is 75.2 Å². The van der Waals surface area contributed by atoms with Crippen LogP contribution in [0.4, 0.5) is 4.79 Å². The summed E-state index contributed by atoms with van der Waals surface area (Å²) in [5.74, 6) is 2.54. The predicted molar refractivity (Wildman–Crippen MR) is 159 cm³/mol. The zero-order valence-corrected chi connectivity index (χ0v) is 25.1. The molecule has 4 rings (SSSR count). The maximum atomic E-state index is 11.6. The number of hydrogen-bond acceptors (Lipinski definition) is 10. The van der Waals surface area contributed by atoms with Gasteiger partial charge in [-0.15, -0.1) is 0 Å². The second kappa shape index (κ2) is 16.9. The summed E-state index contributed by atoms with van der Waals surface area (Å²) in [6.45, 7) is 9.72. The van der Waals surface area contributed by atoms with Gasteiger partial charge in [-0.1, -0.05) is 32.1 Å². The zero-order valence-electron chi connectivity index (χ0n) is 24.2. The van der Waals surface area contributed by atoms with E-state index in [1.54, 1.807) is 37.7 Å². The average molecular weight is 584 g/mol. The lowest BCUT2D eigenvalue weighted by molar-refractivity contribution is -0.115. The van der Waals surface area contributed by atoms with Crippen molar-refractivity contribution in [1.29, 1.82) is 0 Å². The summed E-state index contributed by atoms with van der Waals surface area (Å²) < 4.78 is 22.3. The van der Waals surface area contributed by atoms with E-state index in [2.05, 4.69) is 10.3 Å². The van der Waals surface area contributed by atoms with Gasteiger partial charge < -0.3 is 24.0 Å². The van der Waals surface area contributed by atoms with Crippen molar-refractivity contribution in [1.82, 2.24) is 10.3 Å². The fraction of sp³-hybridized carbons (Fsp3) is 0.333. The zero-order chi connectivity index (χ0) is 30.4. The Kier molecular flexibility index (Phi) is 13.6. The first-order valence-corrected chi connectivity index (χ1v) is 14.0. The molecule has 1 aliphatic heterocycles. The number of methoxy groups -OCH3 is 1. The molecule has 0 aliphatic carbocycles. The molecule has 0 saturated carbocycles. The van der Waals surface area contributed by atoms with Crippen LogP contribution in [0.2, 0.25) is 0 Å². The molecule has 11 heteroatoms. The van der Waals surface area contributed by atoms with Gasteiger partial charge in [0.1, 0.15) is 18.1 Å². The molecule has 1 fully saturated rings. The Bertz CT molecular complexity index is 1370. The van der Waals surface area contributed by atoms with Crippen molar-refractivity contribution in [3.05, 3.63) is 76.2 Å². The number of hydrogen-bond donors (Lipinski definition) is 2. The van der Waals surface area contributed by atoms with Crippen LogP contribution in [-0.4, -0.2) is 35.6 Å². The topological polar surface area (TPSA) is 147 Å². The third-order valence-electron chi connectivity index (χ3n) is 5.64. The first-order chi connectivity index (χ1) is 19.7. The number of carbonyl (C=O) groups excluding carboxylic acids is 3. The van der Waals surface area contributed by atoms with Crippen LogP contribution in [0.5, 0.6) is 11.5 Å². The van der Waals surface area contributed by atoms with Crippen LogP contribution in [0.15, 0.2) is 68.1 Å². The van der Waals surface area contributed by atoms with Gasteiger partial charge in [-0.25, -0.2) is 4.98 Å². The number of aromatic nitrogens is 1. The maximum Gasteiger partial charge on any atom is 0.290 e. The van der Waals surface area contributed by atoms with E-state index in [0.29, 0.717) is 64.5 Å². The number of furan rings is 1. The van der Waals surface area contributed by atoms with E-state index >= 15 is 0 Å². The Balaban J connectivity index is 0.000000509. The van der Waals surface area contributed by atoms with E-state index in [1.807, 2.05) is 45.9 Å². The van der Waals surface area contributed by atoms with Crippen molar-refractivity contribution < 1.29 is 32.7 Å². The lowest BCUT2D eigenvalue weighted by atomic mass is 10.1. The first kappa shape index (κ1) is 33.1. The lowest BCUT2D eigenvalue weighted by Gasteiger charge is -2.11. The van der Waals surface area contributed by atoms with E-state index in [-0.39, 0.29) is 23.5 Å². The lowest BCUT2D eigenvalue weighted by Crippen LogP contribution is -2.17. The number of nitrogens with two attached hydrogens (primary N) is 1. The molecule has 2 amide bonds. The van der Waals surface area contributed by atoms with Crippen molar-refractivity contribution >= 4 is 28.7 Å². The molecule has 0 atom stereocenters. The van der Waals surface area contributed by atoms with Gasteiger partial charge in [0.05, 0.1) is 18.3 Å². The van der Waals surface area contributed by atoms with Gasteiger partial charge in [-0.2, -0.15) is 0 Å². The molecular formula is C30H37N3O7S. The number of ether oxygens (including phenoxy) is 2. The predicted octanol–water partition coefficient (Wildman–Crippen LogP) is 6.14. The number of nitrogens with zero attached hydrogens (tertiary/aromatic N) is 1. The number of imide groups is 1. The molecule has 41 heavy (non-hydrogen) atoms. The highest BCUT2D eigenvalue weighted by Gasteiger charge is 2.24. The van der Waals surface area contributed by atoms with E-state index < -0.39 is 0 Å². The normalized spacial score (nSPS) is 13.6. The van der Waals surface area contributed by atoms with E-state index in [1.165, 1.54) is 6.92 Å². The van der Waals surface area contributed by atoms with Crippen molar-refractivity contribution in [2.75, 3.05) is 13.7 Å². The number of aryl methyl sites for hydroxylation is 2.